The molecule has 0 aliphatic heterocycles. The molecule has 100 valence electrons. The number of hydrogen-bond acceptors (Lipinski definition) is 4. The summed E-state index contributed by atoms with van der Waals surface area (Å²) in [5.41, 5.74) is 6.89. The van der Waals surface area contributed by atoms with Crippen LogP contribution in [0, 0.1) is 0 Å². The van der Waals surface area contributed by atoms with E-state index in [9.17, 15) is 9.90 Å². The number of aliphatic hydroxyl groups is 1. The Balaban J connectivity index is 1.90. The zero-order valence-corrected chi connectivity index (χ0v) is 10.4. The van der Waals surface area contributed by atoms with Gasteiger partial charge in [-0.25, -0.2) is 4.68 Å². The van der Waals surface area contributed by atoms with Crippen LogP contribution in [0.25, 0.3) is 5.69 Å². The van der Waals surface area contributed by atoms with E-state index in [1.165, 1.54) is 0 Å². The van der Waals surface area contributed by atoms with Crippen LogP contribution in [0.5, 0.6) is 0 Å². The molecule has 0 fully saturated rings. The maximum Gasteiger partial charge on any atom is 0.247 e. The van der Waals surface area contributed by atoms with Crippen molar-refractivity contribution in [3.8, 4) is 5.69 Å². The smallest absolute Gasteiger partial charge is 0.247 e. The predicted octanol–water partition coefficient (Wildman–Crippen LogP) is -0.192. The summed E-state index contributed by atoms with van der Waals surface area (Å²) in [5, 5.41) is 16.4. The number of nitrogens with two attached hydrogens (primary N) is 1. The molecule has 0 radical (unpaired) electrons. The van der Waals surface area contributed by atoms with Gasteiger partial charge in [0.2, 0.25) is 5.91 Å². The zero-order chi connectivity index (χ0) is 13.7. The molecule has 0 aliphatic carbocycles. The van der Waals surface area contributed by atoms with Crippen LogP contribution in [0.3, 0.4) is 0 Å². The van der Waals surface area contributed by atoms with E-state index in [0.29, 0.717) is 6.54 Å². The second kappa shape index (κ2) is 6.12. The minimum Gasteiger partial charge on any atom is -0.382 e. The lowest BCUT2D eigenvalue weighted by Gasteiger charge is -2.06. The maximum atomic E-state index is 10.6. The average molecular weight is 260 g/mol. The van der Waals surface area contributed by atoms with Crippen molar-refractivity contribution in [1.29, 1.82) is 0 Å². The molecule has 0 bridgehead atoms. The molecule has 4 N–H and O–H groups in total. The Bertz CT molecular complexity index is 539. The molecule has 1 unspecified atom stereocenters. The van der Waals surface area contributed by atoms with Crippen LogP contribution < -0.4 is 11.1 Å². The monoisotopic (exact) mass is 260 g/mol. The van der Waals surface area contributed by atoms with Crippen LogP contribution in [0.2, 0.25) is 0 Å². The normalized spacial score (nSPS) is 12.3. The van der Waals surface area contributed by atoms with Gasteiger partial charge >= 0.3 is 0 Å². The first-order valence-electron chi connectivity index (χ1n) is 5.94. The van der Waals surface area contributed by atoms with Crippen LogP contribution in [0.15, 0.2) is 42.7 Å². The van der Waals surface area contributed by atoms with Crippen molar-refractivity contribution in [3.63, 3.8) is 0 Å². The van der Waals surface area contributed by atoms with Crippen molar-refractivity contribution in [2.75, 3.05) is 6.54 Å². The molecule has 6 heteroatoms. The Kier molecular flexibility index (Phi) is 4.27. The van der Waals surface area contributed by atoms with E-state index in [-0.39, 0.29) is 6.54 Å². The van der Waals surface area contributed by atoms with Gasteiger partial charge in [0, 0.05) is 24.8 Å². The molecule has 1 amide bonds. The summed E-state index contributed by atoms with van der Waals surface area (Å²) in [6, 6.07) is 9.75. The number of rotatable bonds is 6. The molecule has 6 nitrogen and oxygen atoms in total. The van der Waals surface area contributed by atoms with Crippen LogP contribution in [0.4, 0.5) is 0 Å². The highest BCUT2D eigenvalue weighted by Crippen LogP contribution is 2.07. The lowest BCUT2D eigenvalue weighted by Crippen LogP contribution is -2.37. The Hall–Kier alpha value is -2.18. The van der Waals surface area contributed by atoms with Crippen LogP contribution in [-0.4, -0.2) is 33.4 Å². The fourth-order valence-corrected chi connectivity index (χ4v) is 1.63. The molecule has 2 rings (SSSR count). The van der Waals surface area contributed by atoms with E-state index in [1.807, 2.05) is 36.5 Å². The maximum absolute atomic E-state index is 10.6. The summed E-state index contributed by atoms with van der Waals surface area (Å²) >= 11 is 0. The molecule has 1 aromatic heterocycles. The van der Waals surface area contributed by atoms with E-state index in [4.69, 9.17) is 5.73 Å². The first kappa shape index (κ1) is 13.3. The number of primary amides is 1. The minimum atomic E-state index is -1.16. The number of carbonyl (C=O) groups is 1. The summed E-state index contributed by atoms with van der Waals surface area (Å²) < 4.78 is 1.77. The summed E-state index contributed by atoms with van der Waals surface area (Å²) in [5.74, 6) is -0.729. The summed E-state index contributed by atoms with van der Waals surface area (Å²) in [4.78, 5) is 10.6. The van der Waals surface area contributed by atoms with E-state index in [0.717, 1.165) is 11.3 Å². The molecular weight excluding hydrogens is 244 g/mol. The number of aliphatic hydroxyl groups excluding tert-OH is 1. The lowest BCUT2D eigenvalue weighted by atomic mass is 10.3. The molecule has 0 spiro atoms. The number of benzene rings is 1. The average Bonchev–Trinajstić information content (AvgIpc) is 2.88. The van der Waals surface area contributed by atoms with Gasteiger partial charge in [0.25, 0.3) is 0 Å². The van der Waals surface area contributed by atoms with E-state index in [1.54, 1.807) is 10.9 Å². The molecule has 1 aromatic carbocycles. The van der Waals surface area contributed by atoms with Crippen molar-refractivity contribution >= 4 is 5.91 Å². The van der Waals surface area contributed by atoms with Crippen molar-refractivity contribution in [2.24, 2.45) is 5.73 Å². The molecule has 0 aliphatic rings. The highest BCUT2D eigenvalue weighted by atomic mass is 16.3. The number of nitrogens with zero attached hydrogens (tertiary/aromatic N) is 2. The third-order valence-electron chi connectivity index (χ3n) is 2.65. The summed E-state index contributed by atoms with van der Waals surface area (Å²) in [7, 11) is 0. The summed E-state index contributed by atoms with van der Waals surface area (Å²) in [6.45, 7) is 0.642. The Labute approximate surface area is 110 Å². The Morgan fingerprint density at radius 3 is 2.84 bits per heavy atom. The van der Waals surface area contributed by atoms with Gasteiger partial charge in [-0.05, 0) is 12.1 Å². The van der Waals surface area contributed by atoms with E-state index in [2.05, 4.69) is 10.4 Å². The van der Waals surface area contributed by atoms with Gasteiger partial charge < -0.3 is 16.2 Å². The van der Waals surface area contributed by atoms with Gasteiger partial charge in [-0.2, -0.15) is 5.10 Å². The molecular formula is C13H16N4O2. The van der Waals surface area contributed by atoms with E-state index >= 15 is 0 Å². The number of aromatic nitrogens is 2. The fraction of sp³-hybridized carbons (Fsp3) is 0.231. The second-order valence-corrected chi connectivity index (χ2v) is 4.18. The Morgan fingerprint density at radius 2 is 2.16 bits per heavy atom. The predicted molar refractivity (Wildman–Crippen MR) is 70.5 cm³/mol. The highest BCUT2D eigenvalue weighted by Gasteiger charge is 2.09. The van der Waals surface area contributed by atoms with Crippen molar-refractivity contribution in [2.45, 2.75) is 12.6 Å². The van der Waals surface area contributed by atoms with Gasteiger partial charge in [-0.3, -0.25) is 4.79 Å². The van der Waals surface area contributed by atoms with Crippen LogP contribution >= 0.6 is 0 Å². The van der Waals surface area contributed by atoms with Gasteiger partial charge in [-0.1, -0.05) is 18.2 Å². The molecule has 1 heterocycles. The number of hydrogen-bond donors (Lipinski definition) is 3. The zero-order valence-electron chi connectivity index (χ0n) is 10.4. The largest absolute Gasteiger partial charge is 0.382 e. The molecule has 1 atom stereocenters. The minimum absolute atomic E-state index is 0.131. The molecule has 19 heavy (non-hydrogen) atoms. The van der Waals surface area contributed by atoms with Crippen LogP contribution in [-0.2, 0) is 11.3 Å². The number of amides is 1. The van der Waals surface area contributed by atoms with E-state index < -0.39 is 12.0 Å². The molecule has 2 aromatic rings. The third kappa shape index (κ3) is 3.64. The van der Waals surface area contributed by atoms with Crippen molar-refractivity contribution in [3.05, 3.63) is 48.3 Å². The second-order valence-electron chi connectivity index (χ2n) is 4.18. The first-order valence-corrected chi connectivity index (χ1v) is 5.94. The van der Waals surface area contributed by atoms with Gasteiger partial charge in [0.15, 0.2) is 0 Å². The molecule has 0 saturated carbocycles. The quantitative estimate of drug-likeness (QED) is 0.671. The van der Waals surface area contributed by atoms with Crippen molar-refractivity contribution < 1.29 is 9.90 Å². The van der Waals surface area contributed by atoms with Crippen molar-refractivity contribution in [1.82, 2.24) is 15.1 Å². The number of carbonyl (C=O) groups excluding carboxylic acids is 1. The summed E-state index contributed by atoms with van der Waals surface area (Å²) in [6.07, 6.45) is 2.46. The molecule has 0 saturated heterocycles. The number of nitrogens with one attached hydrogen (secondary N) is 1. The number of para-hydroxylation sites is 1. The van der Waals surface area contributed by atoms with Crippen LogP contribution in [0.1, 0.15) is 5.56 Å². The standard InChI is InChI=1S/C13H16N4O2/c14-13(19)12(18)8-15-6-10-7-16-17(9-10)11-4-2-1-3-5-11/h1-5,7,9,12,15,18H,6,8H2,(H2,14,19). The van der Waals surface area contributed by atoms with Gasteiger partial charge in [0.1, 0.15) is 6.10 Å². The Morgan fingerprint density at radius 1 is 1.42 bits per heavy atom. The van der Waals surface area contributed by atoms with Gasteiger partial charge in [-0.15, -0.1) is 0 Å². The lowest BCUT2D eigenvalue weighted by molar-refractivity contribution is -0.125. The highest BCUT2D eigenvalue weighted by molar-refractivity contribution is 5.78. The SMILES string of the molecule is NC(=O)C(O)CNCc1cnn(-c2ccccc2)c1. The topological polar surface area (TPSA) is 93.2 Å². The van der Waals surface area contributed by atoms with Gasteiger partial charge in [0.05, 0.1) is 11.9 Å². The first-order chi connectivity index (χ1) is 9.16. The fourth-order valence-electron chi connectivity index (χ4n) is 1.63. The third-order valence-corrected chi connectivity index (χ3v) is 2.65.